The highest BCUT2D eigenvalue weighted by molar-refractivity contribution is 5.91. The highest BCUT2D eigenvalue weighted by Gasteiger charge is 2.46. The van der Waals surface area contributed by atoms with Crippen molar-refractivity contribution in [3.8, 4) is 0 Å². The van der Waals surface area contributed by atoms with Gasteiger partial charge in [-0.2, -0.15) is 13.2 Å². The summed E-state index contributed by atoms with van der Waals surface area (Å²) in [5.74, 6) is -0.546. The lowest BCUT2D eigenvalue weighted by Gasteiger charge is -2.27. The van der Waals surface area contributed by atoms with E-state index in [1.807, 2.05) is 32.2 Å². The van der Waals surface area contributed by atoms with Crippen LogP contribution in [0.2, 0.25) is 0 Å². The summed E-state index contributed by atoms with van der Waals surface area (Å²) in [5, 5.41) is 13.9. The molecule has 3 aliphatic heterocycles. The van der Waals surface area contributed by atoms with Crippen LogP contribution in [0, 0.1) is 12.3 Å². The van der Waals surface area contributed by atoms with E-state index in [-0.39, 0.29) is 22.8 Å². The van der Waals surface area contributed by atoms with E-state index in [2.05, 4.69) is 24.9 Å². The van der Waals surface area contributed by atoms with Gasteiger partial charge in [-0.3, -0.25) is 4.79 Å². The number of halogens is 3. The molecule has 3 aromatic heterocycles. The zero-order valence-corrected chi connectivity index (χ0v) is 25.6. The van der Waals surface area contributed by atoms with Crippen LogP contribution in [0.1, 0.15) is 64.0 Å². The molecular formula is C33H34F3N7O3. The van der Waals surface area contributed by atoms with Crippen molar-refractivity contribution in [3.63, 3.8) is 0 Å². The molecule has 6 heterocycles. The van der Waals surface area contributed by atoms with E-state index in [1.165, 1.54) is 18.2 Å². The average Bonchev–Trinajstić information content (AvgIpc) is 3.83. The fourth-order valence-corrected chi connectivity index (χ4v) is 7.31. The molecule has 10 nitrogen and oxygen atoms in total. The lowest BCUT2D eigenvalue weighted by atomic mass is 9.81. The van der Waals surface area contributed by atoms with Gasteiger partial charge in [0.05, 0.1) is 17.4 Å². The molecular weight excluding hydrogens is 599 g/mol. The Bertz CT molecular complexity index is 1860. The van der Waals surface area contributed by atoms with E-state index >= 15 is 0 Å². The van der Waals surface area contributed by atoms with Crippen LogP contribution in [-0.4, -0.2) is 80.7 Å². The fourth-order valence-electron chi connectivity index (χ4n) is 7.31. The summed E-state index contributed by atoms with van der Waals surface area (Å²) in [7, 11) is 0. The van der Waals surface area contributed by atoms with Gasteiger partial charge in [0.25, 0.3) is 5.91 Å². The normalized spacial score (nSPS) is 23.3. The number of aromatic nitrogens is 4. The maximum atomic E-state index is 13.6. The molecule has 0 bridgehead atoms. The van der Waals surface area contributed by atoms with Crippen LogP contribution in [0.15, 0.2) is 54.7 Å². The van der Waals surface area contributed by atoms with Gasteiger partial charge >= 0.3 is 12.1 Å². The van der Waals surface area contributed by atoms with Crippen molar-refractivity contribution in [2.24, 2.45) is 5.41 Å². The van der Waals surface area contributed by atoms with Crippen LogP contribution in [-0.2, 0) is 11.6 Å². The van der Waals surface area contributed by atoms with Crippen LogP contribution in [0.25, 0.3) is 5.65 Å². The summed E-state index contributed by atoms with van der Waals surface area (Å²) < 4.78 is 41.8. The maximum absolute atomic E-state index is 13.6. The highest BCUT2D eigenvalue weighted by atomic mass is 19.4. The predicted molar refractivity (Wildman–Crippen MR) is 164 cm³/mol. The van der Waals surface area contributed by atoms with Crippen molar-refractivity contribution in [2.75, 3.05) is 49.1 Å². The first-order chi connectivity index (χ1) is 21.8. The van der Waals surface area contributed by atoms with Gasteiger partial charge in [0.2, 0.25) is 5.82 Å². The van der Waals surface area contributed by atoms with E-state index in [4.69, 9.17) is 0 Å². The first-order valence-corrected chi connectivity index (χ1v) is 15.4. The number of carboxylic acids is 1. The summed E-state index contributed by atoms with van der Waals surface area (Å²) in [6.07, 6.45) is -0.171. The summed E-state index contributed by atoms with van der Waals surface area (Å²) in [4.78, 5) is 39.9. The SMILES string of the molecule is Cc1cc(N2CC[C@](C)(c3cccc(C(F)(F)F)c3)C2)cn2nc(C(=O)N3CC[C@@]4(CCN(c5cccc(C(=O)O)n5)C4)C3)nc12. The second-order valence-corrected chi connectivity index (χ2v) is 13.2. The van der Waals surface area contributed by atoms with Crippen molar-refractivity contribution < 1.29 is 27.9 Å². The van der Waals surface area contributed by atoms with Gasteiger partial charge in [0, 0.05) is 50.1 Å². The molecule has 0 aliphatic carbocycles. The Morgan fingerprint density at radius 2 is 1.67 bits per heavy atom. The fraction of sp³-hybridized carbons (Fsp3) is 0.424. The van der Waals surface area contributed by atoms with Crippen molar-refractivity contribution in [1.82, 2.24) is 24.5 Å². The Hall–Kier alpha value is -4.68. The number of nitrogens with zero attached hydrogens (tertiary/aromatic N) is 7. The standard InChI is InChI=1S/C33H34F3N7O3/c1-21-15-24(40-12-9-31(2,18-40)22-5-3-6-23(16-22)33(34,35)36)17-43-28(21)38-27(39-43)29(44)42-14-11-32(20-42)10-13-41(19-32)26-8-4-7-25(37-26)30(45)46/h3-8,15-17H,9-14,18-20H2,1-2H3,(H,45,46)/t31-,32+/m0/s1. The van der Waals surface area contributed by atoms with Crippen LogP contribution in [0.4, 0.5) is 24.7 Å². The van der Waals surface area contributed by atoms with Crippen molar-refractivity contribution in [1.29, 1.82) is 0 Å². The average molecular weight is 634 g/mol. The minimum atomic E-state index is -4.39. The number of carbonyl (C=O) groups is 2. The van der Waals surface area contributed by atoms with Gasteiger partial charge in [-0.15, -0.1) is 5.10 Å². The van der Waals surface area contributed by atoms with Crippen LogP contribution in [0.3, 0.4) is 0 Å². The minimum absolute atomic E-state index is 0.00696. The van der Waals surface area contributed by atoms with Gasteiger partial charge in [-0.1, -0.05) is 31.2 Å². The topological polar surface area (TPSA) is 107 Å². The number of likely N-dealkylation sites (tertiary alicyclic amines) is 1. The third-order valence-corrected chi connectivity index (χ3v) is 9.96. The summed E-state index contributed by atoms with van der Waals surface area (Å²) in [6, 6.07) is 12.6. The molecule has 4 aromatic rings. The number of alkyl halides is 3. The van der Waals surface area contributed by atoms with Crippen LogP contribution < -0.4 is 9.80 Å². The Labute approximate surface area is 263 Å². The van der Waals surface area contributed by atoms with Crippen molar-refractivity contribution in [2.45, 2.75) is 44.7 Å². The van der Waals surface area contributed by atoms with Gasteiger partial charge in [0.1, 0.15) is 5.82 Å². The molecule has 7 rings (SSSR count). The van der Waals surface area contributed by atoms with E-state index in [0.717, 1.165) is 36.7 Å². The molecule has 0 saturated carbocycles. The molecule has 3 aliphatic rings. The first-order valence-electron chi connectivity index (χ1n) is 15.4. The number of pyridine rings is 2. The number of aromatic carboxylic acids is 1. The Morgan fingerprint density at radius 1 is 0.913 bits per heavy atom. The summed E-state index contributed by atoms with van der Waals surface area (Å²) in [6.45, 7) is 7.67. The van der Waals surface area contributed by atoms with Gasteiger partial charge < -0.3 is 19.8 Å². The number of carbonyl (C=O) groups excluding carboxylic acids is 1. The molecule has 0 unspecified atom stereocenters. The van der Waals surface area contributed by atoms with E-state index in [1.54, 1.807) is 21.5 Å². The molecule has 1 N–H and O–H groups in total. The molecule has 3 saturated heterocycles. The van der Waals surface area contributed by atoms with Gasteiger partial charge in [-0.05, 0) is 61.6 Å². The first kappa shape index (κ1) is 30.0. The number of rotatable bonds is 5. The zero-order chi connectivity index (χ0) is 32.4. The Morgan fingerprint density at radius 3 is 2.46 bits per heavy atom. The minimum Gasteiger partial charge on any atom is -0.477 e. The molecule has 2 atom stereocenters. The van der Waals surface area contributed by atoms with Gasteiger partial charge in [-0.25, -0.2) is 19.3 Å². The van der Waals surface area contributed by atoms with E-state index < -0.39 is 23.1 Å². The van der Waals surface area contributed by atoms with Crippen LogP contribution >= 0.6 is 0 Å². The van der Waals surface area contributed by atoms with E-state index in [9.17, 15) is 27.9 Å². The number of amides is 1. The number of carboxylic acid groups (broad SMARTS) is 1. The second kappa shape index (κ2) is 10.7. The highest BCUT2D eigenvalue weighted by Crippen LogP contribution is 2.42. The molecule has 13 heteroatoms. The number of hydrogen-bond donors (Lipinski definition) is 1. The lowest BCUT2D eigenvalue weighted by molar-refractivity contribution is -0.137. The largest absolute Gasteiger partial charge is 0.477 e. The maximum Gasteiger partial charge on any atom is 0.416 e. The number of aryl methyl sites for hydroxylation is 1. The molecule has 1 amide bonds. The molecule has 3 fully saturated rings. The molecule has 1 aromatic carbocycles. The van der Waals surface area contributed by atoms with Crippen LogP contribution in [0.5, 0.6) is 0 Å². The molecule has 1 spiro atoms. The third kappa shape index (κ3) is 5.31. The second-order valence-electron chi connectivity index (χ2n) is 13.2. The number of hydrogen-bond acceptors (Lipinski definition) is 7. The van der Waals surface area contributed by atoms with Gasteiger partial charge in [0.15, 0.2) is 11.3 Å². The number of fused-ring (bicyclic) bond motifs is 1. The Kier molecular flexibility index (Phi) is 6.98. The van der Waals surface area contributed by atoms with Crippen molar-refractivity contribution >= 4 is 29.0 Å². The molecule has 0 radical (unpaired) electrons. The smallest absolute Gasteiger partial charge is 0.416 e. The molecule has 46 heavy (non-hydrogen) atoms. The summed E-state index contributed by atoms with van der Waals surface area (Å²) in [5.41, 5.74) is 1.76. The Balaban J connectivity index is 1.06. The van der Waals surface area contributed by atoms with Crippen molar-refractivity contribution in [3.05, 3.63) is 82.9 Å². The van der Waals surface area contributed by atoms with E-state index in [0.29, 0.717) is 56.2 Å². The monoisotopic (exact) mass is 633 g/mol. The molecule has 240 valence electrons. The number of anilines is 2. The lowest BCUT2D eigenvalue weighted by Crippen LogP contribution is -2.34. The summed E-state index contributed by atoms with van der Waals surface area (Å²) >= 11 is 0. The quantitative estimate of drug-likeness (QED) is 0.325. The predicted octanol–water partition coefficient (Wildman–Crippen LogP) is 5.06. The zero-order valence-electron chi connectivity index (χ0n) is 25.6. The third-order valence-electron chi connectivity index (χ3n) is 9.96. The number of benzene rings is 1.